The largest absolute Gasteiger partial charge is 0.481 e. The number of allylic oxidation sites excluding steroid dienone is 2. The fourth-order valence-electron chi connectivity index (χ4n) is 12.6. The monoisotopic (exact) mass is 1330 g/mol. The van der Waals surface area contributed by atoms with Gasteiger partial charge in [0, 0.05) is 90.2 Å². The molecule has 460 valence electrons. The molecule has 1 saturated heterocycles. The molecule has 83 heavy (non-hydrogen) atoms. The molecule has 1 spiro atoms. The molecule has 1 aliphatic heterocycles. The van der Waals surface area contributed by atoms with E-state index >= 15 is 0 Å². The van der Waals surface area contributed by atoms with Gasteiger partial charge in [0.05, 0.1) is 23.5 Å². The number of carbonyl (C=O) groups excluding carboxylic acids is 2. The molecule has 9 rings (SSSR count). The first-order chi connectivity index (χ1) is 38.1. The number of carboxylic acids is 4. The van der Waals surface area contributed by atoms with Crippen LogP contribution in [0.3, 0.4) is 0 Å². The third-order valence-electron chi connectivity index (χ3n) is 15.5. The Hall–Kier alpha value is -6.25. The van der Waals surface area contributed by atoms with E-state index in [1.165, 1.54) is 75.6 Å². The summed E-state index contributed by atoms with van der Waals surface area (Å²) in [6.45, 7) is 9.70. The summed E-state index contributed by atoms with van der Waals surface area (Å²) in [5.74, 6) is 0.853. The van der Waals surface area contributed by atoms with Crippen LogP contribution in [0.25, 0.3) is 34.4 Å². The van der Waals surface area contributed by atoms with Crippen LogP contribution in [0.4, 0.5) is 18.4 Å². The third kappa shape index (κ3) is 24.9. The SMILES string of the molecule is C.CC(=O)O.CC(=O)O.CC(=O)O.CC(=O)O.CC[C@@H]1[C@@H](/C=C/c2ccc(-c3cccc(F)c3)cn2)[C@@H]2CCCC[C@H]2C[C@@]12COC(=O)N2.CC[C@H]1[C@H](COC(N)=O)C[C@@H]2CCCC[C@H]2[C@@H]1/C=C/c1ccc(-c2cccc(F)c2)cn1.[Rh].[Rh]. The summed E-state index contributed by atoms with van der Waals surface area (Å²) in [5.41, 5.74) is 10.3. The van der Waals surface area contributed by atoms with Crippen LogP contribution in [0.1, 0.15) is 137 Å². The number of nitrogens with one attached hydrogen (secondary N) is 1. The molecule has 0 bridgehead atoms. The maximum atomic E-state index is 13.5. The number of amides is 2. The van der Waals surface area contributed by atoms with Crippen molar-refractivity contribution in [3.8, 4) is 22.3 Å². The van der Waals surface area contributed by atoms with Gasteiger partial charge < -0.3 is 41.0 Å². The zero-order chi connectivity index (χ0) is 58.9. The van der Waals surface area contributed by atoms with Crippen molar-refractivity contribution in [2.75, 3.05) is 13.2 Å². The number of cyclic esters (lactones) is 1. The van der Waals surface area contributed by atoms with E-state index in [0.29, 0.717) is 66.5 Å². The van der Waals surface area contributed by atoms with E-state index in [1.807, 2.05) is 42.6 Å². The zero-order valence-corrected chi connectivity index (χ0v) is 50.7. The molecule has 4 aromatic rings. The van der Waals surface area contributed by atoms with Crippen LogP contribution in [-0.2, 0) is 67.6 Å². The number of carbonyl (C=O) groups is 6. The fourth-order valence-corrected chi connectivity index (χ4v) is 12.6. The number of benzene rings is 2. The van der Waals surface area contributed by atoms with Crippen molar-refractivity contribution in [1.82, 2.24) is 15.3 Å². The molecule has 2 radical (unpaired) electrons. The molecule has 2 aromatic carbocycles. The van der Waals surface area contributed by atoms with Gasteiger partial charge in [-0.25, -0.2) is 18.4 Å². The fraction of sp³-hybridized carbons (Fsp3) is 0.492. The van der Waals surface area contributed by atoms with Gasteiger partial charge in [-0.3, -0.25) is 29.1 Å². The van der Waals surface area contributed by atoms with Gasteiger partial charge in [0.25, 0.3) is 23.9 Å². The Kier molecular flexibility index (Phi) is 34.1. The van der Waals surface area contributed by atoms with Gasteiger partial charge in [0.15, 0.2) is 0 Å². The summed E-state index contributed by atoms with van der Waals surface area (Å²) < 4.78 is 37.7. The zero-order valence-electron chi connectivity index (χ0n) is 47.4. The van der Waals surface area contributed by atoms with Gasteiger partial charge in [-0.1, -0.05) is 121 Å². The number of halogens is 2. The molecule has 3 heterocycles. The molecular formula is C63H84F2N4O12Rh2. The molecule has 16 nitrogen and oxygen atoms in total. The maximum Gasteiger partial charge on any atom is 0.407 e. The number of ether oxygens (including phenoxy) is 2. The van der Waals surface area contributed by atoms with Crippen LogP contribution in [0.5, 0.6) is 0 Å². The quantitative estimate of drug-likeness (QED) is 0.0807. The minimum absolute atomic E-state index is 0. The summed E-state index contributed by atoms with van der Waals surface area (Å²) in [5, 5.41) is 32.9. The number of fused-ring (bicyclic) bond motifs is 2. The summed E-state index contributed by atoms with van der Waals surface area (Å²) in [4.78, 5) is 68.5. The molecule has 7 N–H and O–H groups in total. The molecule has 2 aromatic heterocycles. The molecule has 5 fully saturated rings. The average Bonchev–Trinajstić information content (AvgIpc) is 4.06. The van der Waals surface area contributed by atoms with Crippen LogP contribution < -0.4 is 11.1 Å². The minimum atomic E-state index is -0.833. The normalized spacial score (nSPS) is 24.2. The van der Waals surface area contributed by atoms with Crippen molar-refractivity contribution in [3.63, 3.8) is 0 Å². The first-order valence-corrected chi connectivity index (χ1v) is 27.5. The van der Waals surface area contributed by atoms with Gasteiger partial charge in [0.1, 0.15) is 18.2 Å². The van der Waals surface area contributed by atoms with Crippen molar-refractivity contribution in [2.45, 2.75) is 132 Å². The molecule has 0 unspecified atom stereocenters. The molecule has 10 atom stereocenters. The molecule has 2 amide bonds. The predicted octanol–water partition coefficient (Wildman–Crippen LogP) is 13.7. The molecule has 4 saturated carbocycles. The first kappa shape index (κ1) is 74.8. The second kappa shape index (κ2) is 37.8. The number of aromatic nitrogens is 2. The third-order valence-corrected chi connectivity index (χ3v) is 15.5. The van der Waals surface area contributed by atoms with Crippen molar-refractivity contribution in [2.24, 2.45) is 59.0 Å². The van der Waals surface area contributed by atoms with E-state index in [1.54, 1.807) is 18.3 Å². The minimum Gasteiger partial charge on any atom is -0.481 e. The molecule has 5 aliphatic rings. The van der Waals surface area contributed by atoms with Crippen LogP contribution in [0.15, 0.2) is 97.3 Å². The first-order valence-electron chi connectivity index (χ1n) is 27.5. The number of nitrogens with zero attached hydrogens (tertiary/aromatic N) is 2. The van der Waals surface area contributed by atoms with Crippen molar-refractivity contribution < 1.29 is 106 Å². The van der Waals surface area contributed by atoms with Crippen molar-refractivity contribution in [3.05, 3.63) is 120 Å². The predicted molar refractivity (Wildman–Crippen MR) is 308 cm³/mol. The van der Waals surface area contributed by atoms with Crippen molar-refractivity contribution >= 4 is 48.2 Å². The topological polar surface area (TPSA) is 266 Å². The van der Waals surface area contributed by atoms with E-state index in [2.05, 4.69) is 53.4 Å². The van der Waals surface area contributed by atoms with Crippen LogP contribution in [0.2, 0.25) is 0 Å². The Morgan fingerprint density at radius 2 is 1.12 bits per heavy atom. The number of hydrogen-bond donors (Lipinski definition) is 6. The van der Waals surface area contributed by atoms with Crippen LogP contribution >= 0.6 is 0 Å². The number of aliphatic carboxylic acids is 4. The molecule has 4 aliphatic carbocycles. The molecular weight excluding hydrogens is 1250 g/mol. The van der Waals surface area contributed by atoms with Gasteiger partial charge in [-0.2, -0.15) is 0 Å². The van der Waals surface area contributed by atoms with Gasteiger partial charge in [0.2, 0.25) is 0 Å². The number of nitrogens with two attached hydrogens (primary N) is 1. The second-order valence-electron chi connectivity index (χ2n) is 21.1. The number of hydrogen-bond acceptors (Lipinski definition) is 10. The number of primary amides is 1. The van der Waals surface area contributed by atoms with Gasteiger partial charge >= 0.3 is 12.2 Å². The van der Waals surface area contributed by atoms with Gasteiger partial charge in [-0.15, -0.1) is 0 Å². The Labute approximate surface area is 513 Å². The van der Waals surface area contributed by atoms with Crippen LogP contribution in [-0.4, -0.2) is 85.2 Å². The number of rotatable bonds is 10. The average molecular weight is 1330 g/mol. The van der Waals surface area contributed by atoms with Crippen LogP contribution in [0, 0.1) is 64.9 Å². The second-order valence-corrected chi connectivity index (χ2v) is 21.1. The van der Waals surface area contributed by atoms with E-state index < -0.39 is 30.0 Å². The summed E-state index contributed by atoms with van der Waals surface area (Å²) in [6, 6.07) is 21.1. The van der Waals surface area contributed by atoms with E-state index in [0.717, 1.165) is 87.0 Å². The Morgan fingerprint density at radius 1 is 0.675 bits per heavy atom. The van der Waals surface area contributed by atoms with E-state index in [9.17, 15) is 18.4 Å². The van der Waals surface area contributed by atoms with Crippen molar-refractivity contribution in [1.29, 1.82) is 0 Å². The Morgan fingerprint density at radius 3 is 1.52 bits per heavy atom. The summed E-state index contributed by atoms with van der Waals surface area (Å²) in [7, 11) is 0. The summed E-state index contributed by atoms with van der Waals surface area (Å²) >= 11 is 0. The number of alkyl carbamates (subject to hydrolysis) is 1. The van der Waals surface area contributed by atoms with E-state index in [-0.39, 0.29) is 69.6 Å². The summed E-state index contributed by atoms with van der Waals surface area (Å²) in [6.07, 6.45) is 26.0. The maximum absolute atomic E-state index is 13.5. The Bertz CT molecular complexity index is 2650. The standard InChI is InChI=1S/C27H31FN2O2.C27H33FN2O2.4C2H4O2.CH4.2Rh/c1-2-25-24(23-9-4-3-6-19(23)15-27(25)17-32-26(31)30-27)13-12-22-11-10-20(16-29-22)18-7-5-8-21(28)14-18;1-2-24-21(17-32-27(29)31)14-19-6-3-4-9-25(19)26(24)13-12-23-11-10-20(16-30-23)18-7-5-8-22(28)15-18;4*1-2(3)4;;;/h5,7-8,10-14,16,19,23-25H,2-4,6,9,15,17H2,1H3,(H,30,31);5,7-8,10-13,15-16,19,21,24-26H,2-4,6,9,14,17H2,1H3,(H2,29,31);4*1H3,(H,3,4);1H4;;/b2*13-12+;;;;;;;/t19-,23+,24-,25+,27+;19-,21-,24-,25+,26+;;;;;;;/m00......./s1. The van der Waals surface area contributed by atoms with Gasteiger partial charge in [-0.05, 0) is 139 Å². The number of pyridine rings is 2. The molecule has 20 heteroatoms. The van der Waals surface area contributed by atoms with E-state index in [4.69, 9.17) is 54.8 Å². The Balaban J connectivity index is 0.000000641. The smallest absolute Gasteiger partial charge is 0.407 e. The number of carboxylic acid groups (broad SMARTS) is 4.